The molecule has 0 rings (SSSR count). The highest BCUT2D eigenvalue weighted by Crippen LogP contribution is 2.44. The van der Waals surface area contributed by atoms with Crippen molar-refractivity contribution in [3.8, 4) is 0 Å². The predicted molar refractivity (Wildman–Crippen MR) is 222 cm³/mol. The van der Waals surface area contributed by atoms with Crippen LogP contribution in [0.25, 0.3) is 0 Å². The highest BCUT2D eigenvalue weighted by Gasteiger charge is 2.29. The summed E-state index contributed by atoms with van der Waals surface area (Å²) in [5.41, 5.74) is 0. The number of carbonyl (C=O) groups excluding carboxylic acids is 1. The molecule has 52 heavy (non-hydrogen) atoms. The fraction of sp³-hybridized carbons (Fsp3) is 0.930. The summed E-state index contributed by atoms with van der Waals surface area (Å²) >= 11 is 0. The van der Waals surface area contributed by atoms with Gasteiger partial charge in [0, 0.05) is 26.6 Å². The summed E-state index contributed by atoms with van der Waals surface area (Å²) in [5.74, 6) is 0.0312. The molecular formula is C43H88N2O6P+. The maximum absolute atomic E-state index is 12.9. The monoisotopic (exact) mass is 760 g/mol. The number of carbonyl (C=O) groups is 1. The van der Waals surface area contributed by atoms with Gasteiger partial charge in [-0.2, -0.15) is 0 Å². The first-order valence-corrected chi connectivity index (χ1v) is 23.4. The van der Waals surface area contributed by atoms with E-state index < -0.39 is 13.9 Å². The van der Waals surface area contributed by atoms with Crippen molar-refractivity contribution in [3.05, 3.63) is 12.2 Å². The van der Waals surface area contributed by atoms with E-state index in [4.69, 9.17) is 13.8 Å². The first-order valence-electron chi connectivity index (χ1n) is 21.9. The predicted octanol–water partition coefficient (Wildman–Crippen LogP) is 12.2. The molecule has 0 spiro atoms. The van der Waals surface area contributed by atoms with Crippen LogP contribution in [0.4, 0.5) is 0 Å². The summed E-state index contributed by atoms with van der Waals surface area (Å²) in [6.45, 7) is 6.11. The third kappa shape index (κ3) is 37.6. The van der Waals surface area contributed by atoms with E-state index in [1.54, 1.807) is 11.9 Å². The standard InChI is InChI=1S/C43H87N2O6P/c1-7-9-11-13-15-17-19-21-22-23-25-27-29-31-33-35-38-49-41-42(51-52(47,48)50-39-37-45(4,5)6)40-44(3)43(46)36-34-32-30-28-26-24-20-18-16-14-12-10-8-2/h21-22,42H,7-20,23-41H2,1-6H3/p+1/b22-21-. The van der Waals surface area contributed by atoms with Crippen LogP contribution in [0.5, 0.6) is 0 Å². The lowest BCUT2D eigenvalue weighted by Gasteiger charge is -2.27. The molecule has 2 unspecified atom stereocenters. The number of rotatable bonds is 40. The van der Waals surface area contributed by atoms with Crippen molar-refractivity contribution in [2.45, 2.75) is 200 Å². The van der Waals surface area contributed by atoms with Gasteiger partial charge in [0.25, 0.3) is 0 Å². The Hall–Kier alpha value is -0.760. The molecular weight excluding hydrogens is 671 g/mol. The van der Waals surface area contributed by atoms with Gasteiger partial charge in [-0.05, 0) is 38.5 Å². The number of unbranched alkanes of at least 4 members (excludes halogenated alkanes) is 24. The van der Waals surface area contributed by atoms with Crippen LogP contribution < -0.4 is 0 Å². The van der Waals surface area contributed by atoms with E-state index in [0.717, 1.165) is 25.7 Å². The van der Waals surface area contributed by atoms with Gasteiger partial charge in [0.2, 0.25) is 5.91 Å². The molecule has 0 bridgehead atoms. The SMILES string of the molecule is CCCCCCCC/C=C\CCCCCCCCOCC(CN(C)C(=O)CCCCCCCCCCCCCCC)OP(=O)(O)OCC[N+](C)(C)C. The molecule has 9 heteroatoms. The van der Waals surface area contributed by atoms with Crippen LogP contribution >= 0.6 is 7.82 Å². The normalized spacial score (nSPS) is 13.9. The quantitative estimate of drug-likeness (QED) is 0.0290. The largest absolute Gasteiger partial charge is 0.472 e. The lowest BCUT2D eigenvalue weighted by Crippen LogP contribution is -2.38. The van der Waals surface area contributed by atoms with Crippen molar-refractivity contribution in [2.24, 2.45) is 0 Å². The highest BCUT2D eigenvalue weighted by molar-refractivity contribution is 7.47. The average Bonchev–Trinajstić information content (AvgIpc) is 3.08. The number of phosphoric acid groups is 1. The van der Waals surface area contributed by atoms with Crippen LogP contribution in [-0.2, 0) is 23.1 Å². The molecule has 0 aromatic heterocycles. The molecule has 0 aromatic rings. The maximum atomic E-state index is 12.9. The minimum atomic E-state index is -4.30. The molecule has 0 radical (unpaired) electrons. The van der Waals surface area contributed by atoms with E-state index in [-0.39, 0.29) is 25.7 Å². The molecule has 0 aliphatic rings. The van der Waals surface area contributed by atoms with E-state index in [1.807, 2.05) is 21.1 Å². The first kappa shape index (κ1) is 51.2. The number of allylic oxidation sites excluding steroid dienone is 2. The Labute approximate surface area is 323 Å². The van der Waals surface area contributed by atoms with Crippen LogP contribution in [0.15, 0.2) is 12.2 Å². The van der Waals surface area contributed by atoms with Gasteiger partial charge in [0.05, 0.1) is 27.7 Å². The van der Waals surface area contributed by atoms with Gasteiger partial charge in [0.15, 0.2) is 0 Å². The lowest BCUT2D eigenvalue weighted by molar-refractivity contribution is -0.870. The van der Waals surface area contributed by atoms with E-state index in [2.05, 4.69) is 26.0 Å². The Morgan fingerprint density at radius 3 is 1.54 bits per heavy atom. The van der Waals surface area contributed by atoms with Crippen LogP contribution in [0.1, 0.15) is 194 Å². The number of hydrogen-bond donors (Lipinski definition) is 1. The lowest BCUT2D eigenvalue weighted by atomic mass is 10.0. The fourth-order valence-corrected chi connectivity index (χ4v) is 7.20. The third-order valence-electron chi connectivity index (χ3n) is 9.80. The first-order chi connectivity index (χ1) is 25.0. The Bertz CT molecular complexity index is 865. The van der Waals surface area contributed by atoms with Gasteiger partial charge in [-0.25, -0.2) is 4.57 Å². The van der Waals surface area contributed by atoms with Gasteiger partial charge >= 0.3 is 7.82 Å². The molecule has 0 saturated heterocycles. The van der Waals surface area contributed by atoms with E-state index in [9.17, 15) is 14.3 Å². The van der Waals surface area contributed by atoms with Gasteiger partial charge in [-0.1, -0.05) is 161 Å². The van der Waals surface area contributed by atoms with Crippen molar-refractivity contribution in [3.63, 3.8) is 0 Å². The molecule has 0 heterocycles. The summed E-state index contributed by atoms with van der Waals surface area (Å²) in [5, 5.41) is 0. The number of amides is 1. The maximum Gasteiger partial charge on any atom is 0.472 e. The second-order valence-electron chi connectivity index (χ2n) is 16.3. The zero-order valence-electron chi connectivity index (χ0n) is 35.4. The number of nitrogens with zero attached hydrogens (tertiary/aromatic N) is 2. The molecule has 310 valence electrons. The highest BCUT2D eigenvalue weighted by atomic mass is 31.2. The van der Waals surface area contributed by atoms with Gasteiger partial charge in [-0.3, -0.25) is 13.8 Å². The van der Waals surface area contributed by atoms with Crippen molar-refractivity contribution in [2.75, 3.05) is 61.1 Å². The molecule has 8 nitrogen and oxygen atoms in total. The Morgan fingerprint density at radius 1 is 0.654 bits per heavy atom. The molecule has 1 N–H and O–H groups in total. The molecule has 0 aromatic carbocycles. The second-order valence-corrected chi connectivity index (χ2v) is 17.7. The van der Waals surface area contributed by atoms with Gasteiger partial charge in [0.1, 0.15) is 19.3 Å². The molecule has 0 aliphatic carbocycles. The minimum absolute atomic E-state index is 0.0312. The van der Waals surface area contributed by atoms with Crippen LogP contribution in [0.3, 0.4) is 0 Å². The molecule has 1 amide bonds. The minimum Gasteiger partial charge on any atom is -0.379 e. The van der Waals surface area contributed by atoms with E-state index >= 15 is 0 Å². The Morgan fingerprint density at radius 2 is 1.08 bits per heavy atom. The summed E-state index contributed by atoms with van der Waals surface area (Å²) in [6.07, 6.45) is 38.5. The van der Waals surface area contributed by atoms with Crippen LogP contribution in [0, 0.1) is 0 Å². The van der Waals surface area contributed by atoms with E-state index in [1.165, 1.54) is 148 Å². The van der Waals surface area contributed by atoms with Crippen LogP contribution in [0.2, 0.25) is 0 Å². The number of hydrogen-bond acceptors (Lipinski definition) is 5. The Balaban J connectivity index is 4.33. The smallest absolute Gasteiger partial charge is 0.379 e. The van der Waals surface area contributed by atoms with E-state index in [0.29, 0.717) is 24.1 Å². The summed E-state index contributed by atoms with van der Waals surface area (Å²) in [7, 11) is 3.44. The van der Waals surface area contributed by atoms with Crippen LogP contribution in [-0.4, -0.2) is 87.4 Å². The topological polar surface area (TPSA) is 85.3 Å². The zero-order chi connectivity index (χ0) is 38.6. The average molecular weight is 760 g/mol. The number of quaternary nitrogens is 1. The van der Waals surface area contributed by atoms with Crippen molar-refractivity contribution in [1.82, 2.24) is 4.90 Å². The molecule has 0 saturated carbocycles. The second kappa shape index (κ2) is 35.9. The number of phosphoric ester groups is 1. The number of ether oxygens (including phenoxy) is 1. The summed E-state index contributed by atoms with van der Waals surface area (Å²) < 4.78 is 30.2. The van der Waals surface area contributed by atoms with Crippen molar-refractivity contribution in [1.29, 1.82) is 0 Å². The summed E-state index contributed by atoms with van der Waals surface area (Å²) in [6, 6.07) is 0. The summed E-state index contributed by atoms with van der Waals surface area (Å²) in [4.78, 5) is 25.0. The fourth-order valence-electron chi connectivity index (χ4n) is 6.32. The van der Waals surface area contributed by atoms with Gasteiger partial charge in [-0.15, -0.1) is 0 Å². The zero-order valence-corrected chi connectivity index (χ0v) is 36.3. The molecule has 2 atom stereocenters. The van der Waals surface area contributed by atoms with Gasteiger partial charge < -0.3 is 19.0 Å². The van der Waals surface area contributed by atoms with Crippen molar-refractivity contribution >= 4 is 13.7 Å². The Kier molecular flexibility index (Phi) is 35.4. The number of likely N-dealkylation sites (N-methyl/N-ethyl adjacent to an activating group) is 2. The molecule has 0 fully saturated rings. The van der Waals surface area contributed by atoms with Crippen molar-refractivity contribution < 1.29 is 32.5 Å². The molecule has 0 aliphatic heterocycles. The third-order valence-corrected chi connectivity index (χ3v) is 10.9.